The number of allylic oxidation sites excluding steroid dienone is 6. The number of carbonyl (C=O) groups excluding carboxylic acids is 3. The van der Waals surface area contributed by atoms with E-state index >= 15 is 0 Å². The highest BCUT2D eigenvalue weighted by atomic mass is 16.6. The first-order chi connectivity index (χ1) is 40.5. The van der Waals surface area contributed by atoms with Gasteiger partial charge < -0.3 is 14.2 Å². The van der Waals surface area contributed by atoms with Gasteiger partial charge in [-0.3, -0.25) is 14.4 Å². The molecule has 0 N–H and O–H groups in total. The summed E-state index contributed by atoms with van der Waals surface area (Å²) >= 11 is 0. The van der Waals surface area contributed by atoms with Crippen molar-refractivity contribution in [3.8, 4) is 0 Å². The normalized spacial score (nSPS) is 12.2. The van der Waals surface area contributed by atoms with Gasteiger partial charge in [0.25, 0.3) is 0 Å². The Hall–Kier alpha value is -2.37. The molecule has 0 fully saturated rings. The third kappa shape index (κ3) is 68.4. The maximum absolute atomic E-state index is 12.9. The van der Waals surface area contributed by atoms with Crippen molar-refractivity contribution in [2.75, 3.05) is 13.2 Å². The zero-order valence-electron chi connectivity index (χ0n) is 55.5. The fourth-order valence-corrected chi connectivity index (χ4v) is 11.3. The van der Waals surface area contributed by atoms with E-state index < -0.39 is 6.10 Å². The highest BCUT2D eigenvalue weighted by Gasteiger charge is 2.19. The minimum atomic E-state index is -0.774. The van der Waals surface area contributed by atoms with Crippen LogP contribution in [0, 0.1) is 0 Å². The molecule has 0 aliphatic rings. The highest BCUT2D eigenvalue weighted by molar-refractivity contribution is 5.71. The molecular weight excluding hydrogens is 1010 g/mol. The van der Waals surface area contributed by atoms with Gasteiger partial charge in [0.15, 0.2) is 6.10 Å². The first kappa shape index (κ1) is 79.6. The Kier molecular flexibility index (Phi) is 69.1. The van der Waals surface area contributed by atoms with Gasteiger partial charge in [0.1, 0.15) is 13.2 Å². The molecule has 0 amide bonds. The first-order valence-electron chi connectivity index (χ1n) is 37.0. The topological polar surface area (TPSA) is 78.9 Å². The number of ether oxygens (including phenoxy) is 3. The van der Waals surface area contributed by atoms with Gasteiger partial charge in [0, 0.05) is 19.3 Å². The van der Waals surface area contributed by atoms with Crippen LogP contribution in [0.2, 0.25) is 0 Å². The fourth-order valence-electron chi connectivity index (χ4n) is 11.3. The quantitative estimate of drug-likeness (QED) is 0.0261. The lowest BCUT2D eigenvalue weighted by Gasteiger charge is -2.18. The van der Waals surface area contributed by atoms with Crippen LogP contribution in [0.3, 0.4) is 0 Å². The summed E-state index contributed by atoms with van der Waals surface area (Å²) in [5, 5.41) is 0. The molecule has 0 spiro atoms. The molecule has 0 heterocycles. The van der Waals surface area contributed by atoms with Crippen LogP contribution < -0.4 is 0 Å². The molecule has 82 heavy (non-hydrogen) atoms. The van der Waals surface area contributed by atoms with Crippen molar-refractivity contribution < 1.29 is 28.6 Å². The fraction of sp³-hybridized carbons (Fsp3) is 0.882. The van der Waals surface area contributed by atoms with Crippen molar-refractivity contribution in [2.45, 2.75) is 419 Å². The van der Waals surface area contributed by atoms with Crippen LogP contribution in [-0.4, -0.2) is 37.2 Å². The smallest absolute Gasteiger partial charge is 0.306 e. The van der Waals surface area contributed by atoms with Crippen LogP contribution in [0.4, 0.5) is 0 Å². The van der Waals surface area contributed by atoms with Crippen LogP contribution in [0.25, 0.3) is 0 Å². The van der Waals surface area contributed by atoms with Crippen LogP contribution in [-0.2, 0) is 28.6 Å². The Morgan fingerprint density at radius 2 is 0.463 bits per heavy atom. The molecule has 6 heteroatoms. The predicted octanol–water partition coefficient (Wildman–Crippen LogP) is 25.5. The van der Waals surface area contributed by atoms with Gasteiger partial charge in [-0.2, -0.15) is 0 Å². The second-order valence-electron chi connectivity index (χ2n) is 25.2. The number of hydrogen-bond acceptors (Lipinski definition) is 6. The van der Waals surface area contributed by atoms with E-state index in [4.69, 9.17) is 14.2 Å². The average Bonchev–Trinajstić information content (AvgIpc) is 3.48. The van der Waals surface area contributed by atoms with Gasteiger partial charge in [-0.25, -0.2) is 0 Å². The highest BCUT2D eigenvalue weighted by Crippen LogP contribution is 2.19. The van der Waals surface area contributed by atoms with Crippen LogP contribution >= 0.6 is 0 Å². The molecule has 0 aliphatic carbocycles. The van der Waals surface area contributed by atoms with Crippen molar-refractivity contribution in [1.82, 2.24) is 0 Å². The largest absolute Gasteiger partial charge is 0.462 e. The van der Waals surface area contributed by atoms with Gasteiger partial charge in [0.2, 0.25) is 0 Å². The van der Waals surface area contributed by atoms with Gasteiger partial charge in [-0.15, -0.1) is 0 Å². The third-order valence-electron chi connectivity index (χ3n) is 16.8. The average molecular weight is 1150 g/mol. The Bertz CT molecular complexity index is 1370. The van der Waals surface area contributed by atoms with E-state index in [2.05, 4.69) is 57.2 Å². The molecule has 1 atom stereocenters. The van der Waals surface area contributed by atoms with Crippen molar-refractivity contribution in [3.05, 3.63) is 36.5 Å². The van der Waals surface area contributed by atoms with E-state index in [1.807, 2.05) is 0 Å². The van der Waals surface area contributed by atoms with Crippen LogP contribution in [0.1, 0.15) is 412 Å². The van der Waals surface area contributed by atoms with Crippen molar-refractivity contribution in [2.24, 2.45) is 0 Å². The molecule has 1 unspecified atom stereocenters. The lowest BCUT2D eigenvalue weighted by Crippen LogP contribution is -2.30. The van der Waals surface area contributed by atoms with Crippen LogP contribution in [0.15, 0.2) is 36.5 Å². The summed E-state index contributed by atoms with van der Waals surface area (Å²) < 4.78 is 17.0. The lowest BCUT2D eigenvalue weighted by atomic mass is 10.0. The van der Waals surface area contributed by atoms with Gasteiger partial charge >= 0.3 is 17.9 Å². The summed E-state index contributed by atoms with van der Waals surface area (Å²) in [6.07, 6.45) is 89.2. The molecule has 0 radical (unpaired) electrons. The Balaban J connectivity index is 4.10. The Labute approximate surface area is 512 Å². The first-order valence-corrected chi connectivity index (χ1v) is 37.0. The second kappa shape index (κ2) is 71.1. The number of rotatable bonds is 69. The molecule has 0 aliphatic heterocycles. The van der Waals surface area contributed by atoms with Crippen molar-refractivity contribution in [1.29, 1.82) is 0 Å². The molecule has 0 aromatic heterocycles. The summed E-state index contributed by atoms with van der Waals surface area (Å²) in [6, 6.07) is 0. The molecular formula is C76H142O6. The number of hydrogen-bond donors (Lipinski definition) is 0. The lowest BCUT2D eigenvalue weighted by molar-refractivity contribution is -0.167. The molecule has 482 valence electrons. The summed E-state index contributed by atoms with van der Waals surface area (Å²) in [5.74, 6) is -0.854. The van der Waals surface area contributed by atoms with E-state index in [-0.39, 0.29) is 31.1 Å². The third-order valence-corrected chi connectivity index (χ3v) is 16.8. The van der Waals surface area contributed by atoms with E-state index in [9.17, 15) is 14.4 Å². The molecule has 0 aromatic rings. The maximum atomic E-state index is 12.9. The molecule has 0 aromatic carbocycles. The molecule has 6 nitrogen and oxygen atoms in total. The summed E-state index contributed by atoms with van der Waals surface area (Å²) in [4.78, 5) is 38.4. The van der Waals surface area contributed by atoms with Gasteiger partial charge in [0.05, 0.1) is 0 Å². The summed E-state index contributed by atoms with van der Waals surface area (Å²) in [6.45, 7) is 6.64. The summed E-state index contributed by atoms with van der Waals surface area (Å²) in [5.41, 5.74) is 0. The number of unbranched alkanes of at least 4 members (excludes halogenated alkanes) is 52. The zero-order chi connectivity index (χ0) is 59.2. The van der Waals surface area contributed by atoms with E-state index in [1.165, 1.54) is 295 Å². The standard InChI is InChI=1S/C76H142O6/c1-4-7-10-13-16-19-22-24-26-28-30-32-34-36-37-38-39-41-42-44-46-48-50-52-54-57-60-63-66-69-75(78)81-72-73(71-80-74(77)68-65-62-59-56-21-18-15-12-9-6-3)82-76(79)70-67-64-61-58-55-53-51-49-47-45-43-40-35-33-31-29-27-25-23-20-17-14-11-8-5-2/h12,15,23,25,29,31,73H,4-11,13-14,16-22,24,26-28,30,32-72H2,1-3H3/b15-12-,25-23-,31-29-. The Morgan fingerprint density at radius 3 is 0.732 bits per heavy atom. The zero-order valence-corrected chi connectivity index (χ0v) is 55.5. The van der Waals surface area contributed by atoms with E-state index in [0.29, 0.717) is 19.3 Å². The van der Waals surface area contributed by atoms with Crippen molar-refractivity contribution in [3.63, 3.8) is 0 Å². The van der Waals surface area contributed by atoms with Gasteiger partial charge in [-0.1, -0.05) is 359 Å². The predicted molar refractivity (Wildman–Crippen MR) is 358 cm³/mol. The molecule has 0 saturated heterocycles. The maximum Gasteiger partial charge on any atom is 0.306 e. The SMILES string of the molecule is CCC/C=C\CCCCCCCC(=O)OCC(COC(=O)CCCCCCCCCCCCCCCCCCCCCCCCCCCCCCC)OC(=O)CCCCCCCCCCCCCCC/C=C\C/C=C\CCCCCCC. The minimum absolute atomic E-state index is 0.0701. The molecule has 0 bridgehead atoms. The van der Waals surface area contributed by atoms with Gasteiger partial charge in [-0.05, 0) is 70.6 Å². The second-order valence-corrected chi connectivity index (χ2v) is 25.2. The monoisotopic (exact) mass is 1150 g/mol. The van der Waals surface area contributed by atoms with Crippen LogP contribution in [0.5, 0.6) is 0 Å². The Morgan fingerprint density at radius 1 is 0.244 bits per heavy atom. The van der Waals surface area contributed by atoms with Crippen molar-refractivity contribution >= 4 is 17.9 Å². The summed E-state index contributed by atoms with van der Waals surface area (Å²) in [7, 11) is 0. The number of esters is 3. The molecule has 0 rings (SSSR count). The molecule has 0 saturated carbocycles. The van der Waals surface area contributed by atoms with E-state index in [0.717, 1.165) is 77.0 Å². The minimum Gasteiger partial charge on any atom is -0.462 e. The number of carbonyl (C=O) groups is 3. The van der Waals surface area contributed by atoms with E-state index in [1.54, 1.807) is 0 Å².